The van der Waals surface area contributed by atoms with Crippen molar-refractivity contribution in [2.45, 2.75) is 32.9 Å². The van der Waals surface area contributed by atoms with Crippen molar-refractivity contribution in [2.24, 2.45) is 0 Å². The number of aromatic amines is 1. The highest BCUT2D eigenvalue weighted by molar-refractivity contribution is 6.04. The summed E-state index contributed by atoms with van der Waals surface area (Å²) in [7, 11) is 0. The molecule has 26 heavy (non-hydrogen) atoms. The number of hydrazine groups is 1. The van der Waals surface area contributed by atoms with E-state index in [-0.39, 0.29) is 17.6 Å². The van der Waals surface area contributed by atoms with Crippen LogP contribution in [0.5, 0.6) is 0 Å². The predicted octanol–water partition coefficient (Wildman–Crippen LogP) is 1.78. The number of nitrogens with one attached hydrogen (secondary N) is 4. The van der Waals surface area contributed by atoms with Crippen LogP contribution in [0.2, 0.25) is 0 Å². The maximum atomic E-state index is 13.3. The number of urea groups is 1. The Morgan fingerprint density at radius 3 is 2.88 bits per heavy atom. The molecule has 0 aliphatic carbocycles. The predicted molar refractivity (Wildman–Crippen MR) is 93.9 cm³/mol. The van der Waals surface area contributed by atoms with Crippen LogP contribution in [0, 0.1) is 5.82 Å². The second-order valence-electron chi connectivity index (χ2n) is 6.40. The van der Waals surface area contributed by atoms with Crippen LogP contribution in [-0.4, -0.2) is 39.7 Å². The first-order chi connectivity index (χ1) is 12.4. The Bertz CT molecular complexity index is 819. The number of nitrogens with zero attached hydrogens (tertiary/aromatic N) is 2. The van der Waals surface area contributed by atoms with Gasteiger partial charge in [0.1, 0.15) is 11.6 Å². The van der Waals surface area contributed by atoms with E-state index < -0.39 is 11.7 Å². The minimum atomic E-state index is -0.476. The van der Waals surface area contributed by atoms with E-state index >= 15 is 0 Å². The molecule has 1 aromatic heterocycles. The Balaban J connectivity index is 1.68. The highest BCUT2D eigenvalue weighted by Gasteiger charge is 2.24. The number of halogens is 1. The fourth-order valence-corrected chi connectivity index (χ4v) is 2.74. The van der Waals surface area contributed by atoms with E-state index in [1.165, 1.54) is 24.3 Å². The Morgan fingerprint density at radius 1 is 1.35 bits per heavy atom. The molecule has 0 saturated carbocycles. The lowest BCUT2D eigenvalue weighted by Gasteiger charge is -2.27. The summed E-state index contributed by atoms with van der Waals surface area (Å²) >= 11 is 0. The van der Waals surface area contributed by atoms with Crippen LogP contribution in [0.3, 0.4) is 0 Å². The van der Waals surface area contributed by atoms with Gasteiger partial charge in [0.05, 0.1) is 5.69 Å². The van der Waals surface area contributed by atoms with E-state index in [2.05, 4.69) is 26.3 Å². The second-order valence-corrected chi connectivity index (χ2v) is 6.40. The topological polar surface area (TPSA) is 102 Å². The molecule has 2 heterocycles. The van der Waals surface area contributed by atoms with Gasteiger partial charge in [0.15, 0.2) is 0 Å². The summed E-state index contributed by atoms with van der Waals surface area (Å²) in [5.41, 5.74) is 4.63. The third-order valence-electron chi connectivity index (χ3n) is 3.93. The molecule has 8 nitrogen and oxygen atoms in total. The molecule has 0 bridgehead atoms. The van der Waals surface area contributed by atoms with Gasteiger partial charge < -0.3 is 10.6 Å². The average molecular weight is 360 g/mol. The van der Waals surface area contributed by atoms with Crippen molar-refractivity contribution < 1.29 is 14.0 Å². The Hall–Kier alpha value is -2.94. The van der Waals surface area contributed by atoms with Gasteiger partial charge in [-0.15, -0.1) is 0 Å². The lowest BCUT2D eigenvalue weighted by Crippen LogP contribution is -2.50. The van der Waals surface area contributed by atoms with Crippen molar-refractivity contribution in [3.8, 4) is 0 Å². The van der Waals surface area contributed by atoms with Crippen LogP contribution in [0.4, 0.5) is 15.0 Å². The standard InChI is InChI=1S/C17H21FN6O2/c1-10(2)19-17(26)23-24-7-6-14-13(9-24)15(22-21-14)20-16(25)11-4-3-5-12(18)8-11/h3-5,8,10H,6-7,9H2,1-2H3,(H2,19,23,26)(H2,20,21,22,25). The van der Waals surface area contributed by atoms with Crippen LogP contribution in [0.25, 0.3) is 0 Å². The number of amides is 3. The molecule has 138 valence electrons. The number of hydrogen-bond donors (Lipinski definition) is 4. The minimum absolute atomic E-state index is 0.0328. The molecule has 0 radical (unpaired) electrons. The SMILES string of the molecule is CC(C)NC(=O)NN1CCc2n[nH]c(NC(=O)c3cccc(F)c3)c2C1. The molecule has 0 atom stereocenters. The third kappa shape index (κ3) is 4.17. The average Bonchev–Trinajstić information content (AvgIpc) is 2.96. The normalized spacial score (nSPS) is 14.0. The van der Waals surface area contributed by atoms with E-state index in [1.54, 1.807) is 5.01 Å². The van der Waals surface area contributed by atoms with Crippen molar-refractivity contribution in [2.75, 3.05) is 11.9 Å². The molecular weight excluding hydrogens is 339 g/mol. The van der Waals surface area contributed by atoms with Crippen molar-refractivity contribution in [1.29, 1.82) is 0 Å². The molecule has 3 rings (SSSR count). The van der Waals surface area contributed by atoms with Gasteiger partial charge in [-0.2, -0.15) is 5.10 Å². The molecule has 1 aliphatic rings. The van der Waals surface area contributed by atoms with E-state index in [0.29, 0.717) is 25.3 Å². The van der Waals surface area contributed by atoms with Gasteiger partial charge >= 0.3 is 6.03 Å². The van der Waals surface area contributed by atoms with Crippen molar-refractivity contribution in [3.63, 3.8) is 0 Å². The molecule has 1 aliphatic heterocycles. The Morgan fingerprint density at radius 2 is 2.15 bits per heavy atom. The first kappa shape index (κ1) is 17.9. The lowest BCUT2D eigenvalue weighted by atomic mass is 10.1. The summed E-state index contributed by atoms with van der Waals surface area (Å²) in [6.45, 7) is 4.77. The van der Waals surface area contributed by atoms with E-state index in [0.717, 1.165) is 11.3 Å². The van der Waals surface area contributed by atoms with Crippen LogP contribution < -0.4 is 16.1 Å². The monoisotopic (exact) mass is 360 g/mol. The molecular formula is C17H21FN6O2. The lowest BCUT2D eigenvalue weighted by molar-refractivity contribution is 0.102. The minimum Gasteiger partial charge on any atom is -0.335 e. The largest absolute Gasteiger partial charge is 0.335 e. The number of benzene rings is 1. The fourth-order valence-electron chi connectivity index (χ4n) is 2.74. The number of carbonyl (C=O) groups excluding carboxylic acids is 2. The van der Waals surface area contributed by atoms with Gasteiger partial charge in [0, 0.05) is 36.7 Å². The summed E-state index contributed by atoms with van der Waals surface area (Å²) in [4.78, 5) is 24.2. The van der Waals surface area contributed by atoms with E-state index in [1.807, 2.05) is 13.8 Å². The number of H-pyrrole nitrogens is 1. The van der Waals surface area contributed by atoms with Crippen LogP contribution in [-0.2, 0) is 13.0 Å². The number of hydrogen-bond acceptors (Lipinski definition) is 4. The highest BCUT2D eigenvalue weighted by atomic mass is 19.1. The molecule has 0 spiro atoms. The summed E-state index contributed by atoms with van der Waals surface area (Å²) in [5.74, 6) is -0.459. The molecule has 2 aromatic rings. The number of rotatable bonds is 4. The summed E-state index contributed by atoms with van der Waals surface area (Å²) in [6, 6.07) is 5.21. The summed E-state index contributed by atoms with van der Waals surface area (Å²) in [6.07, 6.45) is 0.629. The van der Waals surface area contributed by atoms with E-state index in [4.69, 9.17) is 0 Å². The molecule has 4 N–H and O–H groups in total. The van der Waals surface area contributed by atoms with Gasteiger partial charge in [-0.05, 0) is 32.0 Å². The van der Waals surface area contributed by atoms with E-state index in [9.17, 15) is 14.0 Å². The van der Waals surface area contributed by atoms with Crippen LogP contribution in [0.1, 0.15) is 35.5 Å². The van der Waals surface area contributed by atoms with Gasteiger partial charge in [0.2, 0.25) is 0 Å². The Kier molecular flexibility index (Phi) is 5.17. The number of fused-ring (bicyclic) bond motifs is 1. The molecule has 3 amide bonds. The molecule has 0 fully saturated rings. The van der Waals surface area contributed by atoms with Crippen molar-refractivity contribution in [3.05, 3.63) is 46.9 Å². The van der Waals surface area contributed by atoms with Crippen LogP contribution >= 0.6 is 0 Å². The zero-order valence-electron chi connectivity index (χ0n) is 14.6. The smallest absolute Gasteiger partial charge is 0.329 e. The van der Waals surface area contributed by atoms with Crippen molar-refractivity contribution >= 4 is 17.8 Å². The van der Waals surface area contributed by atoms with Gasteiger partial charge in [-0.3, -0.25) is 15.3 Å². The number of anilines is 1. The quantitative estimate of drug-likeness (QED) is 0.667. The first-order valence-electron chi connectivity index (χ1n) is 8.37. The number of carbonyl (C=O) groups is 2. The molecule has 0 saturated heterocycles. The zero-order valence-corrected chi connectivity index (χ0v) is 14.6. The number of aromatic nitrogens is 2. The Labute approximate surface area is 150 Å². The maximum Gasteiger partial charge on any atom is 0.329 e. The zero-order chi connectivity index (χ0) is 18.7. The highest BCUT2D eigenvalue weighted by Crippen LogP contribution is 2.23. The van der Waals surface area contributed by atoms with Gasteiger partial charge in [-0.1, -0.05) is 6.07 Å². The molecule has 0 unspecified atom stereocenters. The third-order valence-corrected chi connectivity index (χ3v) is 3.93. The maximum absolute atomic E-state index is 13.3. The van der Waals surface area contributed by atoms with Crippen molar-refractivity contribution in [1.82, 2.24) is 25.9 Å². The van der Waals surface area contributed by atoms with Crippen LogP contribution in [0.15, 0.2) is 24.3 Å². The molecule has 1 aromatic carbocycles. The second kappa shape index (κ2) is 7.52. The summed E-state index contributed by atoms with van der Waals surface area (Å²) < 4.78 is 13.3. The van der Waals surface area contributed by atoms with Gasteiger partial charge in [0.25, 0.3) is 5.91 Å². The first-order valence-corrected chi connectivity index (χ1v) is 8.37. The fraction of sp³-hybridized carbons (Fsp3) is 0.353. The molecule has 9 heteroatoms. The summed E-state index contributed by atoms with van der Waals surface area (Å²) in [5, 5.41) is 14.3. The van der Waals surface area contributed by atoms with Gasteiger partial charge in [-0.25, -0.2) is 14.2 Å².